The molecule has 4 atom stereocenters. The zero-order valence-electron chi connectivity index (χ0n) is 22.8. The summed E-state index contributed by atoms with van der Waals surface area (Å²) in [4.78, 5) is 31.8. The summed E-state index contributed by atoms with van der Waals surface area (Å²) in [7, 11) is 0. The number of pyridine rings is 1. The van der Waals surface area contributed by atoms with E-state index in [1.165, 1.54) is 38.2 Å². The highest BCUT2D eigenvalue weighted by atomic mass is 35.5. The van der Waals surface area contributed by atoms with E-state index in [0.29, 0.717) is 18.7 Å². The lowest BCUT2D eigenvalue weighted by atomic mass is 9.96. The molecule has 2 bridgehead atoms. The first-order chi connectivity index (χ1) is 19.4. The van der Waals surface area contributed by atoms with Gasteiger partial charge in [-0.15, -0.1) is 13.2 Å². The van der Waals surface area contributed by atoms with Gasteiger partial charge in [-0.2, -0.15) is 13.2 Å². The molecule has 0 aliphatic carbocycles. The normalized spacial score (nSPS) is 21.5. The summed E-state index contributed by atoms with van der Waals surface area (Å²) in [6, 6.07) is 4.19. The van der Waals surface area contributed by atoms with E-state index in [9.17, 15) is 35.9 Å². The number of benzene rings is 1. The number of piperidine rings is 1. The molecule has 0 radical (unpaired) electrons. The number of hydrogen-bond acceptors (Lipinski definition) is 6. The van der Waals surface area contributed by atoms with Crippen molar-refractivity contribution in [3.63, 3.8) is 0 Å². The van der Waals surface area contributed by atoms with E-state index in [0.717, 1.165) is 25.8 Å². The fraction of sp³-hybridized carbons (Fsp3) is 0.519. The Bertz CT molecular complexity index is 1290. The Balaban J connectivity index is 1.38. The fourth-order valence-electron chi connectivity index (χ4n) is 5.15. The number of halogens is 7. The summed E-state index contributed by atoms with van der Waals surface area (Å²) >= 11 is 5.81. The van der Waals surface area contributed by atoms with Crippen LogP contribution in [0.2, 0.25) is 5.02 Å². The maximum atomic E-state index is 13.2. The van der Waals surface area contributed by atoms with Crippen molar-refractivity contribution in [1.29, 1.82) is 0 Å². The predicted molar refractivity (Wildman–Crippen MR) is 141 cm³/mol. The maximum absolute atomic E-state index is 13.2. The second-order valence-electron chi connectivity index (χ2n) is 10.8. The molecule has 2 aliphatic rings. The zero-order chi connectivity index (χ0) is 31.0. The molecule has 2 saturated heterocycles. The van der Waals surface area contributed by atoms with Crippen LogP contribution in [-0.2, 0) is 4.79 Å². The highest BCUT2D eigenvalue weighted by Gasteiger charge is 2.44. The fourth-order valence-corrected chi connectivity index (χ4v) is 5.32. The van der Waals surface area contributed by atoms with Crippen LogP contribution in [0.3, 0.4) is 0 Å². The van der Waals surface area contributed by atoms with Crippen LogP contribution in [0.5, 0.6) is 11.5 Å². The van der Waals surface area contributed by atoms with Crippen molar-refractivity contribution < 1.29 is 45.4 Å². The van der Waals surface area contributed by atoms with Gasteiger partial charge in [0.2, 0.25) is 0 Å². The van der Waals surface area contributed by atoms with Gasteiger partial charge in [0.25, 0.3) is 11.8 Å². The van der Waals surface area contributed by atoms with Crippen molar-refractivity contribution >= 4 is 29.2 Å². The molecule has 0 saturated carbocycles. The monoisotopic (exact) mass is 622 g/mol. The third kappa shape index (κ3) is 7.50. The van der Waals surface area contributed by atoms with Gasteiger partial charge in [-0.05, 0) is 70.7 Å². The van der Waals surface area contributed by atoms with Gasteiger partial charge < -0.3 is 25.0 Å². The smallest absolute Gasteiger partial charge is 0.474 e. The van der Waals surface area contributed by atoms with Crippen molar-refractivity contribution in [2.75, 3.05) is 4.90 Å². The lowest BCUT2D eigenvalue weighted by molar-refractivity contribution is -0.275. The van der Waals surface area contributed by atoms with E-state index < -0.39 is 41.7 Å². The highest BCUT2D eigenvalue weighted by molar-refractivity contribution is 6.30. The quantitative estimate of drug-likeness (QED) is 0.362. The molecule has 3 unspecified atom stereocenters. The number of carbonyl (C=O) groups is 2. The SMILES string of the molecule is CC(NC(=O)c1ccc(N2C3CC[C@H]2CC(NC(=O)C(C)(C)Oc2ccc(Cl)cc2OC(F)(F)F)C3)nc1)C(F)(F)F. The number of nitrogens with one attached hydrogen (secondary N) is 2. The first-order valence-electron chi connectivity index (χ1n) is 13.1. The molecule has 8 nitrogen and oxygen atoms in total. The minimum absolute atomic E-state index is 0.00133. The van der Waals surface area contributed by atoms with Crippen LogP contribution >= 0.6 is 11.6 Å². The number of nitrogens with zero attached hydrogens (tertiary/aromatic N) is 2. The van der Waals surface area contributed by atoms with E-state index in [4.69, 9.17) is 16.3 Å². The molecule has 1 aromatic carbocycles. The Hall–Kier alpha value is -3.42. The molecule has 2 aromatic rings. The van der Waals surface area contributed by atoms with Crippen LogP contribution in [0.15, 0.2) is 36.5 Å². The second kappa shape index (κ2) is 11.7. The van der Waals surface area contributed by atoms with Gasteiger partial charge >= 0.3 is 12.5 Å². The number of ether oxygens (including phenoxy) is 2. The summed E-state index contributed by atoms with van der Waals surface area (Å²) in [5.74, 6) is -1.83. The number of aromatic nitrogens is 1. The molecular formula is C27H29ClF6N4O4. The highest BCUT2D eigenvalue weighted by Crippen LogP contribution is 2.40. The summed E-state index contributed by atoms with van der Waals surface area (Å²) in [6.45, 7) is 3.70. The van der Waals surface area contributed by atoms with E-state index in [1.54, 1.807) is 6.07 Å². The van der Waals surface area contributed by atoms with Gasteiger partial charge in [-0.1, -0.05) is 11.6 Å². The van der Waals surface area contributed by atoms with E-state index >= 15 is 0 Å². The van der Waals surface area contributed by atoms with Crippen molar-refractivity contribution in [2.45, 2.75) is 88.8 Å². The number of fused-ring (bicyclic) bond motifs is 2. The van der Waals surface area contributed by atoms with Gasteiger partial charge in [-0.25, -0.2) is 4.98 Å². The molecule has 2 N–H and O–H groups in total. The summed E-state index contributed by atoms with van der Waals surface area (Å²) in [5.41, 5.74) is -1.56. The van der Waals surface area contributed by atoms with Crippen LogP contribution < -0.4 is 25.0 Å². The Morgan fingerprint density at radius 2 is 1.64 bits per heavy atom. The van der Waals surface area contributed by atoms with Crippen LogP contribution in [0.25, 0.3) is 0 Å². The molecule has 2 amide bonds. The van der Waals surface area contributed by atoms with Crippen molar-refractivity contribution in [1.82, 2.24) is 15.6 Å². The molecule has 230 valence electrons. The molecule has 3 heterocycles. The molecule has 4 rings (SSSR count). The van der Waals surface area contributed by atoms with Crippen LogP contribution in [0.1, 0.15) is 56.8 Å². The molecule has 1 aromatic heterocycles. The Morgan fingerprint density at radius 1 is 1.00 bits per heavy atom. The first kappa shape index (κ1) is 31.5. The van der Waals surface area contributed by atoms with Crippen molar-refractivity contribution in [2.24, 2.45) is 0 Å². The largest absolute Gasteiger partial charge is 0.573 e. The average Bonchev–Trinajstić information content (AvgIpc) is 3.14. The standard InChI is InChI=1S/C27H29ClF6N4O4/c1-14(26(29,30)31)36-23(39)15-4-9-22(35-13-15)38-18-6-7-19(38)12-17(11-18)37-24(40)25(2,3)41-20-8-5-16(28)10-21(20)42-27(32,33)34/h4-5,8-10,13-14,17-19H,6-7,11-12H2,1-3H3,(H,36,39)(H,37,40)/t14?,17?,18-,19?/m0/s1. The second-order valence-corrected chi connectivity index (χ2v) is 11.3. The molecule has 42 heavy (non-hydrogen) atoms. The average molecular weight is 623 g/mol. The first-order valence-corrected chi connectivity index (χ1v) is 13.5. The molecular weight excluding hydrogens is 594 g/mol. The van der Waals surface area contributed by atoms with Gasteiger partial charge in [0.05, 0.1) is 5.56 Å². The van der Waals surface area contributed by atoms with Crippen molar-refractivity contribution in [3.05, 3.63) is 47.1 Å². The van der Waals surface area contributed by atoms with Crippen LogP contribution in [0, 0.1) is 0 Å². The third-order valence-electron chi connectivity index (χ3n) is 7.22. The molecule has 15 heteroatoms. The lowest BCUT2D eigenvalue weighted by Crippen LogP contribution is -2.55. The Labute approximate surface area is 242 Å². The number of anilines is 1. The Kier molecular flexibility index (Phi) is 8.77. The van der Waals surface area contributed by atoms with Crippen LogP contribution in [0.4, 0.5) is 32.2 Å². The van der Waals surface area contributed by atoms with Gasteiger partial charge in [0.15, 0.2) is 17.1 Å². The van der Waals surface area contributed by atoms with Crippen molar-refractivity contribution in [3.8, 4) is 11.5 Å². The summed E-state index contributed by atoms with van der Waals surface area (Å²) in [6.07, 6.45) is -5.60. The van der Waals surface area contributed by atoms with Gasteiger partial charge in [0.1, 0.15) is 11.9 Å². The number of alkyl halides is 6. The molecule has 2 fully saturated rings. The minimum atomic E-state index is -4.99. The van der Waals surface area contributed by atoms with E-state index in [2.05, 4.69) is 19.9 Å². The maximum Gasteiger partial charge on any atom is 0.573 e. The van der Waals surface area contributed by atoms with E-state index in [1.807, 2.05) is 5.32 Å². The lowest BCUT2D eigenvalue weighted by Gasteiger charge is -2.40. The number of rotatable bonds is 8. The number of hydrogen-bond donors (Lipinski definition) is 2. The predicted octanol–water partition coefficient (Wildman–Crippen LogP) is 5.79. The third-order valence-corrected chi connectivity index (χ3v) is 7.46. The minimum Gasteiger partial charge on any atom is -0.474 e. The molecule has 0 spiro atoms. The summed E-state index contributed by atoms with van der Waals surface area (Å²) in [5, 5.41) is 4.84. The van der Waals surface area contributed by atoms with Gasteiger partial charge in [0, 0.05) is 35.4 Å². The number of amides is 2. The topological polar surface area (TPSA) is 92.8 Å². The number of carbonyl (C=O) groups excluding carboxylic acids is 2. The van der Waals surface area contributed by atoms with E-state index in [-0.39, 0.29) is 34.5 Å². The Morgan fingerprint density at radius 3 is 2.19 bits per heavy atom. The molecule has 2 aliphatic heterocycles. The van der Waals surface area contributed by atoms with Gasteiger partial charge in [-0.3, -0.25) is 9.59 Å². The zero-order valence-corrected chi connectivity index (χ0v) is 23.5. The summed E-state index contributed by atoms with van der Waals surface area (Å²) < 4.78 is 86.6. The van der Waals surface area contributed by atoms with Crippen LogP contribution in [-0.4, -0.2) is 59.1 Å².